The molecule has 18 heavy (non-hydrogen) atoms. The molecule has 2 aromatic rings. The molecular weight excluding hydrogens is 273 g/mol. The summed E-state index contributed by atoms with van der Waals surface area (Å²) in [5, 5.41) is 12.6. The zero-order valence-corrected chi connectivity index (χ0v) is 11.2. The normalized spacial score (nSPS) is 10.6. The van der Waals surface area contributed by atoms with Gasteiger partial charge in [0, 0.05) is 12.1 Å². The van der Waals surface area contributed by atoms with Gasteiger partial charge in [-0.2, -0.15) is 4.98 Å². The molecule has 1 N–H and O–H groups in total. The lowest BCUT2D eigenvalue weighted by Crippen LogP contribution is -2.01. The molecule has 1 aromatic heterocycles. The van der Waals surface area contributed by atoms with Crippen molar-refractivity contribution in [2.75, 3.05) is 0 Å². The van der Waals surface area contributed by atoms with Crippen LogP contribution in [0.25, 0.3) is 0 Å². The SMILES string of the molecule is Cc1noc(CCC(=N)c2ccc(Cl)c(Cl)c2)n1. The first-order chi connectivity index (χ1) is 8.56. The van der Waals surface area contributed by atoms with E-state index in [1.807, 2.05) is 0 Å². The zero-order chi connectivity index (χ0) is 13.1. The summed E-state index contributed by atoms with van der Waals surface area (Å²) in [6, 6.07) is 5.14. The molecule has 0 saturated heterocycles. The summed E-state index contributed by atoms with van der Waals surface area (Å²) in [5.74, 6) is 1.14. The van der Waals surface area contributed by atoms with Crippen molar-refractivity contribution in [2.24, 2.45) is 0 Å². The highest BCUT2D eigenvalue weighted by Gasteiger charge is 2.08. The molecular formula is C12H11Cl2N3O. The molecule has 1 aromatic carbocycles. The van der Waals surface area contributed by atoms with Crippen LogP contribution in [0.1, 0.15) is 23.7 Å². The third kappa shape index (κ3) is 3.09. The number of hydrogen-bond donors (Lipinski definition) is 1. The molecule has 0 fully saturated rings. The number of halogens is 2. The lowest BCUT2D eigenvalue weighted by molar-refractivity contribution is 0.376. The van der Waals surface area contributed by atoms with Crippen LogP contribution >= 0.6 is 23.2 Å². The third-order valence-electron chi connectivity index (χ3n) is 2.43. The van der Waals surface area contributed by atoms with Crippen molar-refractivity contribution >= 4 is 28.9 Å². The van der Waals surface area contributed by atoms with E-state index >= 15 is 0 Å². The number of nitrogens with one attached hydrogen (secondary N) is 1. The summed E-state index contributed by atoms with van der Waals surface area (Å²) in [4.78, 5) is 4.09. The molecule has 0 amide bonds. The minimum Gasteiger partial charge on any atom is -0.339 e. The van der Waals surface area contributed by atoms with E-state index in [9.17, 15) is 0 Å². The number of hydrogen-bond acceptors (Lipinski definition) is 4. The fraction of sp³-hybridized carbons (Fsp3) is 0.250. The minimum absolute atomic E-state index is 0.451. The summed E-state index contributed by atoms with van der Waals surface area (Å²) in [7, 11) is 0. The quantitative estimate of drug-likeness (QED) is 0.871. The summed E-state index contributed by atoms with van der Waals surface area (Å²) >= 11 is 11.7. The largest absolute Gasteiger partial charge is 0.339 e. The third-order valence-corrected chi connectivity index (χ3v) is 3.17. The van der Waals surface area contributed by atoms with E-state index < -0.39 is 0 Å². The van der Waals surface area contributed by atoms with Crippen molar-refractivity contribution in [1.82, 2.24) is 10.1 Å². The van der Waals surface area contributed by atoms with Gasteiger partial charge in [-0.1, -0.05) is 34.4 Å². The van der Waals surface area contributed by atoms with E-state index in [1.54, 1.807) is 25.1 Å². The van der Waals surface area contributed by atoms with Gasteiger partial charge in [-0.3, -0.25) is 0 Å². The van der Waals surface area contributed by atoms with Crippen molar-refractivity contribution in [3.05, 3.63) is 45.5 Å². The Labute approximate surface area is 114 Å². The smallest absolute Gasteiger partial charge is 0.227 e. The number of rotatable bonds is 4. The highest BCUT2D eigenvalue weighted by Crippen LogP contribution is 2.23. The summed E-state index contributed by atoms with van der Waals surface area (Å²) in [6.45, 7) is 1.76. The average Bonchev–Trinajstić information content (AvgIpc) is 2.75. The number of aryl methyl sites for hydroxylation is 2. The maximum absolute atomic E-state index is 7.96. The fourth-order valence-corrected chi connectivity index (χ4v) is 1.80. The lowest BCUT2D eigenvalue weighted by Gasteiger charge is -2.04. The molecule has 0 saturated carbocycles. The monoisotopic (exact) mass is 283 g/mol. The van der Waals surface area contributed by atoms with Crippen LogP contribution in [0.4, 0.5) is 0 Å². The number of nitrogens with zero attached hydrogens (tertiary/aromatic N) is 2. The lowest BCUT2D eigenvalue weighted by atomic mass is 10.1. The van der Waals surface area contributed by atoms with E-state index in [-0.39, 0.29) is 0 Å². The van der Waals surface area contributed by atoms with Gasteiger partial charge in [0.2, 0.25) is 5.89 Å². The van der Waals surface area contributed by atoms with Crippen LogP contribution in [0, 0.1) is 12.3 Å². The molecule has 0 bridgehead atoms. The van der Waals surface area contributed by atoms with E-state index in [0.29, 0.717) is 40.3 Å². The van der Waals surface area contributed by atoms with Crippen LogP contribution in [0.3, 0.4) is 0 Å². The topological polar surface area (TPSA) is 62.8 Å². The Morgan fingerprint density at radius 1 is 1.33 bits per heavy atom. The molecule has 0 radical (unpaired) electrons. The Kier molecular flexibility index (Phi) is 3.99. The van der Waals surface area contributed by atoms with Crippen LogP contribution in [-0.2, 0) is 6.42 Å². The molecule has 0 aliphatic heterocycles. The van der Waals surface area contributed by atoms with Crippen LogP contribution in [0.15, 0.2) is 22.7 Å². The van der Waals surface area contributed by atoms with Crippen molar-refractivity contribution in [3.8, 4) is 0 Å². The minimum atomic E-state index is 0.451. The Bertz CT molecular complexity index is 580. The predicted octanol–water partition coefficient (Wildman–Crippen LogP) is 3.69. The summed E-state index contributed by atoms with van der Waals surface area (Å²) in [5.41, 5.74) is 1.21. The predicted molar refractivity (Wildman–Crippen MR) is 70.6 cm³/mol. The van der Waals surface area contributed by atoms with E-state index in [1.165, 1.54) is 0 Å². The molecule has 6 heteroatoms. The summed E-state index contributed by atoms with van der Waals surface area (Å²) in [6.07, 6.45) is 1.06. The van der Waals surface area contributed by atoms with Crippen molar-refractivity contribution in [2.45, 2.75) is 19.8 Å². The first-order valence-electron chi connectivity index (χ1n) is 5.38. The van der Waals surface area contributed by atoms with Crippen LogP contribution in [0.2, 0.25) is 10.0 Å². The van der Waals surface area contributed by atoms with Gasteiger partial charge in [-0.25, -0.2) is 0 Å². The Balaban J connectivity index is 2.01. The molecule has 0 spiro atoms. The standard InChI is InChI=1S/C12H11Cl2N3O/c1-7-16-12(18-17-7)5-4-11(15)8-2-3-9(13)10(14)6-8/h2-3,6,15H,4-5H2,1H3. The molecule has 4 nitrogen and oxygen atoms in total. The maximum Gasteiger partial charge on any atom is 0.227 e. The van der Waals surface area contributed by atoms with E-state index in [2.05, 4.69) is 10.1 Å². The molecule has 0 aliphatic carbocycles. The number of aromatic nitrogens is 2. The van der Waals surface area contributed by atoms with Crippen molar-refractivity contribution in [3.63, 3.8) is 0 Å². The van der Waals surface area contributed by atoms with Crippen LogP contribution in [0.5, 0.6) is 0 Å². The highest BCUT2D eigenvalue weighted by molar-refractivity contribution is 6.42. The second-order valence-corrected chi connectivity index (χ2v) is 4.66. The summed E-state index contributed by atoms with van der Waals surface area (Å²) < 4.78 is 4.99. The Hall–Kier alpha value is -1.39. The second kappa shape index (κ2) is 5.50. The van der Waals surface area contributed by atoms with Crippen molar-refractivity contribution < 1.29 is 4.52 Å². The molecule has 2 rings (SSSR count). The highest BCUT2D eigenvalue weighted by atomic mass is 35.5. The number of benzene rings is 1. The molecule has 1 heterocycles. The van der Waals surface area contributed by atoms with Gasteiger partial charge in [0.15, 0.2) is 5.82 Å². The van der Waals surface area contributed by atoms with Gasteiger partial charge in [0.25, 0.3) is 0 Å². The van der Waals surface area contributed by atoms with Gasteiger partial charge in [0.05, 0.1) is 10.0 Å². The van der Waals surface area contributed by atoms with Gasteiger partial charge in [-0.15, -0.1) is 0 Å². The molecule has 0 unspecified atom stereocenters. The van der Waals surface area contributed by atoms with Crippen LogP contribution in [-0.4, -0.2) is 15.9 Å². The first-order valence-corrected chi connectivity index (χ1v) is 6.14. The zero-order valence-electron chi connectivity index (χ0n) is 9.70. The molecule has 0 atom stereocenters. The first kappa shape index (κ1) is 13.1. The van der Waals surface area contributed by atoms with E-state index in [0.717, 1.165) is 5.56 Å². The van der Waals surface area contributed by atoms with Gasteiger partial charge >= 0.3 is 0 Å². The van der Waals surface area contributed by atoms with Crippen LogP contribution < -0.4 is 0 Å². The van der Waals surface area contributed by atoms with Gasteiger partial charge in [-0.05, 0) is 31.0 Å². The van der Waals surface area contributed by atoms with E-state index in [4.69, 9.17) is 33.1 Å². The molecule has 94 valence electrons. The maximum atomic E-state index is 7.96. The molecule has 0 aliphatic rings. The van der Waals surface area contributed by atoms with Gasteiger partial charge < -0.3 is 9.93 Å². The van der Waals surface area contributed by atoms with Crippen molar-refractivity contribution in [1.29, 1.82) is 5.41 Å². The second-order valence-electron chi connectivity index (χ2n) is 3.84. The fourth-order valence-electron chi connectivity index (χ4n) is 1.50. The Morgan fingerprint density at radius 2 is 2.11 bits per heavy atom. The average molecular weight is 284 g/mol. The Morgan fingerprint density at radius 3 is 2.72 bits per heavy atom. The van der Waals surface area contributed by atoms with Gasteiger partial charge in [0.1, 0.15) is 0 Å².